The number of benzene rings is 2. The minimum Gasteiger partial charge on any atom is -0.493 e. The number of aromatic nitrogens is 2. The summed E-state index contributed by atoms with van der Waals surface area (Å²) in [5, 5.41) is 1.03. The first-order valence-electron chi connectivity index (χ1n) is 12.5. The lowest BCUT2D eigenvalue weighted by Gasteiger charge is -2.08. The number of methoxy groups -OCH3 is 4. The molecule has 3 rings (SSSR count). The number of ether oxygens (including phenoxy) is 5. The minimum atomic E-state index is 0.354. The van der Waals surface area contributed by atoms with Crippen LogP contribution < -0.4 is 23.7 Å². The molecule has 0 bridgehead atoms. The fourth-order valence-electron chi connectivity index (χ4n) is 3.69. The Bertz CT molecular complexity index is 1150. The van der Waals surface area contributed by atoms with Gasteiger partial charge in [0, 0.05) is 5.33 Å². The van der Waals surface area contributed by atoms with Crippen LogP contribution in [-0.2, 0) is 0 Å². The highest BCUT2D eigenvalue weighted by atomic mass is 79.9. The first-order valence-corrected chi connectivity index (χ1v) is 13.6. The Morgan fingerprint density at radius 3 is 1.58 bits per heavy atom. The molecule has 0 aliphatic carbocycles. The molecule has 0 aliphatic heterocycles. The summed E-state index contributed by atoms with van der Waals surface area (Å²) in [6, 6.07) is 13.8. The average Bonchev–Trinajstić information content (AvgIpc) is 2.96. The van der Waals surface area contributed by atoms with Gasteiger partial charge in [-0.1, -0.05) is 53.1 Å². The van der Waals surface area contributed by atoms with E-state index in [1.807, 2.05) is 66.8 Å². The fraction of sp³-hybridized carbons (Fsp3) is 0.333. The van der Waals surface area contributed by atoms with E-state index in [9.17, 15) is 0 Å². The molecule has 0 saturated carbocycles. The van der Waals surface area contributed by atoms with Crippen molar-refractivity contribution in [3.05, 3.63) is 65.0 Å². The van der Waals surface area contributed by atoms with Gasteiger partial charge >= 0.3 is 6.01 Å². The second-order valence-corrected chi connectivity index (χ2v) is 9.14. The van der Waals surface area contributed by atoms with Gasteiger partial charge in [0.2, 0.25) is 0 Å². The lowest BCUT2D eigenvalue weighted by atomic mass is 10.1. The Morgan fingerprint density at radius 1 is 0.605 bits per heavy atom. The first-order chi connectivity index (χ1) is 18.6. The molecule has 0 atom stereocenters. The molecule has 0 N–H and O–H groups in total. The number of rotatable bonds is 15. The zero-order valence-electron chi connectivity index (χ0n) is 22.4. The maximum Gasteiger partial charge on any atom is 0.317 e. The molecule has 3 aromatic rings. The zero-order valence-corrected chi connectivity index (χ0v) is 24.0. The molecular formula is C30H35BrN2O5. The summed E-state index contributed by atoms with van der Waals surface area (Å²) in [4.78, 5) is 9.22. The van der Waals surface area contributed by atoms with Gasteiger partial charge in [0.05, 0.1) is 46.4 Å². The van der Waals surface area contributed by atoms with Crippen LogP contribution >= 0.6 is 15.9 Å². The monoisotopic (exact) mass is 582 g/mol. The van der Waals surface area contributed by atoms with Crippen molar-refractivity contribution in [2.45, 2.75) is 25.7 Å². The van der Waals surface area contributed by atoms with E-state index in [1.54, 1.807) is 28.4 Å². The molecule has 202 valence electrons. The van der Waals surface area contributed by atoms with Gasteiger partial charge in [-0.05, 0) is 66.5 Å². The second-order valence-electron chi connectivity index (χ2n) is 8.35. The van der Waals surface area contributed by atoms with Crippen LogP contribution in [0.4, 0.5) is 0 Å². The Labute approximate surface area is 233 Å². The van der Waals surface area contributed by atoms with Crippen LogP contribution in [0.2, 0.25) is 0 Å². The molecule has 7 nitrogen and oxygen atoms in total. The molecule has 8 heteroatoms. The summed E-state index contributed by atoms with van der Waals surface area (Å²) in [5.74, 6) is 2.70. The summed E-state index contributed by atoms with van der Waals surface area (Å²) in [6.45, 7) is 0.573. The van der Waals surface area contributed by atoms with Gasteiger partial charge < -0.3 is 23.7 Å². The molecule has 0 radical (unpaired) electrons. The lowest BCUT2D eigenvalue weighted by molar-refractivity contribution is 0.281. The van der Waals surface area contributed by atoms with Crippen molar-refractivity contribution in [1.29, 1.82) is 0 Å². The van der Waals surface area contributed by atoms with Crippen molar-refractivity contribution in [1.82, 2.24) is 9.97 Å². The maximum atomic E-state index is 5.93. The van der Waals surface area contributed by atoms with Gasteiger partial charge in [-0.25, -0.2) is 0 Å². The summed E-state index contributed by atoms with van der Waals surface area (Å²) < 4.78 is 27.4. The largest absolute Gasteiger partial charge is 0.493 e. The molecule has 0 spiro atoms. The number of halogens is 1. The quantitative estimate of drug-likeness (QED) is 0.139. The minimum absolute atomic E-state index is 0.354. The standard InChI is InChI=1S/C30H35BrN2O5/c1-34-26-15-11-22(19-28(26)36-3)9-13-24-21-25(33-30(32-24)38-18-8-6-5-7-17-31)14-10-23-12-16-27(35-2)29(20-23)37-4/h9-16,19-21H,5-8,17-18H2,1-4H3/b13-9+,14-10+. The van der Waals surface area contributed by atoms with Gasteiger partial charge in [0.15, 0.2) is 23.0 Å². The normalized spacial score (nSPS) is 11.2. The van der Waals surface area contributed by atoms with Crippen LogP contribution in [0.1, 0.15) is 48.2 Å². The van der Waals surface area contributed by atoms with Crippen LogP contribution in [0.3, 0.4) is 0 Å². The smallest absolute Gasteiger partial charge is 0.317 e. The fourth-order valence-corrected chi connectivity index (χ4v) is 4.08. The van der Waals surface area contributed by atoms with Gasteiger partial charge in [0.25, 0.3) is 0 Å². The van der Waals surface area contributed by atoms with E-state index in [1.165, 1.54) is 6.42 Å². The van der Waals surface area contributed by atoms with E-state index < -0.39 is 0 Å². The van der Waals surface area contributed by atoms with Crippen molar-refractivity contribution < 1.29 is 23.7 Å². The van der Waals surface area contributed by atoms with Crippen molar-refractivity contribution in [2.24, 2.45) is 0 Å². The Kier molecular flexibility index (Phi) is 12.0. The Morgan fingerprint density at radius 2 is 1.11 bits per heavy atom. The molecule has 1 aromatic heterocycles. The maximum absolute atomic E-state index is 5.93. The van der Waals surface area contributed by atoms with Crippen molar-refractivity contribution >= 4 is 40.2 Å². The second kappa shape index (κ2) is 15.7. The van der Waals surface area contributed by atoms with E-state index in [0.717, 1.165) is 47.1 Å². The Balaban J connectivity index is 1.83. The molecule has 1 heterocycles. The van der Waals surface area contributed by atoms with E-state index in [0.29, 0.717) is 35.6 Å². The summed E-state index contributed by atoms with van der Waals surface area (Å²) in [6.07, 6.45) is 12.2. The predicted octanol–water partition coefficient (Wildman–Crippen LogP) is 7.19. The third-order valence-electron chi connectivity index (χ3n) is 5.71. The van der Waals surface area contributed by atoms with Gasteiger partial charge in [-0.3, -0.25) is 0 Å². The van der Waals surface area contributed by atoms with E-state index in [4.69, 9.17) is 23.7 Å². The van der Waals surface area contributed by atoms with Gasteiger partial charge in [0.1, 0.15) is 0 Å². The molecule has 0 saturated heterocycles. The number of hydrogen-bond acceptors (Lipinski definition) is 7. The summed E-state index contributed by atoms with van der Waals surface area (Å²) in [7, 11) is 6.48. The van der Waals surface area contributed by atoms with E-state index in [-0.39, 0.29) is 0 Å². The number of hydrogen-bond donors (Lipinski definition) is 0. The van der Waals surface area contributed by atoms with Gasteiger partial charge in [-0.15, -0.1) is 0 Å². The average molecular weight is 584 g/mol. The molecule has 0 fully saturated rings. The van der Waals surface area contributed by atoms with Crippen molar-refractivity contribution in [3.63, 3.8) is 0 Å². The highest BCUT2D eigenvalue weighted by molar-refractivity contribution is 9.09. The van der Waals surface area contributed by atoms with Crippen LogP contribution in [0.25, 0.3) is 24.3 Å². The van der Waals surface area contributed by atoms with Crippen LogP contribution in [0.15, 0.2) is 42.5 Å². The number of alkyl halides is 1. The highest BCUT2D eigenvalue weighted by Gasteiger charge is 2.06. The van der Waals surface area contributed by atoms with Crippen LogP contribution in [0.5, 0.6) is 29.0 Å². The lowest BCUT2D eigenvalue weighted by Crippen LogP contribution is -2.03. The zero-order chi connectivity index (χ0) is 27.2. The van der Waals surface area contributed by atoms with Crippen molar-refractivity contribution in [3.8, 4) is 29.0 Å². The topological polar surface area (TPSA) is 71.9 Å². The van der Waals surface area contributed by atoms with E-state index in [2.05, 4.69) is 25.9 Å². The Hall–Kier alpha value is -3.52. The van der Waals surface area contributed by atoms with Gasteiger partial charge in [-0.2, -0.15) is 9.97 Å². The highest BCUT2D eigenvalue weighted by Crippen LogP contribution is 2.29. The van der Waals surface area contributed by atoms with Crippen LogP contribution in [0, 0.1) is 0 Å². The number of nitrogens with zero attached hydrogens (tertiary/aromatic N) is 2. The van der Waals surface area contributed by atoms with Crippen LogP contribution in [-0.4, -0.2) is 50.3 Å². The number of unbranched alkanes of at least 4 members (excludes halogenated alkanes) is 3. The molecular weight excluding hydrogens is 548 g/mol. The third kappa shape index (κ3) is 8.80. The molecule has 0 unspecified atom stereocenters. The first kappa shape index (κ1) is 29.0. The molecule has 2 aromatic carbocycles. The molecule has 0 aliphatic rings. The summed E-state index contributed by atoms with van der Waals surface area (Å²) in [5.41, 5.74) is 3.38. The molecule has 0 amide bonds. The summed E-state index contributed by atoms with van der Waals surface area (Å²) >= 11 is 3.47. The SMILES string of the molecule is COc1ccc(/C=C/c2cc(/C=C/c3ccc(OC)c(OC)c3)nc(OCCCCCCBr)n2)cc1OC. The van der Waals surface area contributed by atoms with Crippen molar-refractivity contribution in [2.75, 3.05) is 40.4 Å². The molecule has 38 heavy (non-hydrogen) atoms. The predicted molar refractivity (Wildman–Crippen MR) is 157 cm³/mol. The van der Waals surface area contributed by atoms with E-state index >= 15 is 0 Å². The third-order valence-corrected chi connectivity index (χ3v) is 6.27.